The Morgan fingerprint density at radius 2 is 2.39 bits per heavy atom. The fraction of sp³-hybridized carbons (Fsp3) is 0.143. The zero-order valence-corrected chi connectivity index (χ0v) is 10.1. The maximum absolute atomic E-state index is 8.53. The maximum Gasteiger partial charge on any atom is 0.123 e. The van der Waals surface area contributed by atoms with Gasteiger partial charge in [0.15, 0.2) is 0 Å². The molecule has 0 amide bonds. The number of rotatable bonds is 4. The van der Waals surface area contributed by atoms with Crippen LogP contribution in [0.4, 0.5) is 0 Å². The van der Waals surface area contributed by atoms with Crippen LogP contribution in [0.25, 0.3) is 6.08 Å². The summed E-state index contributed by atoms with van der Waals surface area (Å²) >= 11 is 0. The normalized spacial score (nSPS) is 10.4. The first kappa shape index (κ1) is 11.9. The summed E-state index contributed by atoms with van der Waals surface area (Å²) in [7, 11) is 1.65. The second-order valence-electron chi connectivity index (χ2n) is 3.74. The van der Waals surface area contributed by atoms with Crippen LogP contribution < -0.4 is 4.74 Å². The summed E-state index contributed by atoms with van der Waals surface area (Å²) in [5, 5.41) is 12.7. The van der Waals surface area contributed by atoms with Crippen LogP contribution >= 0.6 is 0 Å². The third-order valence-electron chi connectivity index (χ3n) is 2.55. The predicted octanol–water partition coefficient (Wildman–Crippen LogP) is 2.48. The van der Waals surface area contributed by atoms with Crippen LogP contribution in [0.1, 0.15) is 11.1 Å². The molecule has 1 aromatic carbocycles. The van der Waals surface area contributed by atoms with Gasteiger partial charge in [-0.1, -0.05) is 6.07 Å². The molecule has 1 aromatic heterocycles. The van der Waals surface area contributed by atoms with E-state index >= 15 is 0 Å². The van der Waals surface area contributed by atoms with Crippen molar-refractivity contribution in [2.75, 3.05) is 7.11 Å². The number of nitriles is 1. The Morgan fingerprint density at radius 1 is 1.50 bits per heavy atom. The molecule has 18 heavy (non-hydrogen) atoms. The number of hydrogen-bond acceptors (Lipinski definition) is 3. The van der Waals surface area contributed by atoms with Gasteiger partial charge in [0.25, 0.3) is 0 Å². The van der Waals surface area contributed by atoms with Gasteiger partial charge in [0.2, 0.25) is 0 Å². The van der Waals surface area contributed by atoms with Gasteiger partial charge in [-0.05, 0) is 29.8 Å². The maximum atomic E-state index is 8.53. The lowest BCUT2D eigenvalue weighted by Gasteiger charge is -2.09. The standard InChI is InChI=1S/C14H13N3O/c1-18-14-6-5-12(4-2-7-15)10-13(14)11-17-9-3-8-16-17/h2-6,8-10H,11H2,1H3. The molecule has 4 heteroatoms. The molecule has 0 fully saturated rings. The van der Waals surface area contributed by atoms with Crippen molar-refractivity contribution in [2.24, 2.45) is 0 Å². The molecule has 0 aliphatic heterocycles. The van der Waals surface area contributed by atoms with Crippen molar-refractivity contribution < 1.29 is 4.74 Å². The molecule has 90 valence electrons. The fourth-order valence-electron chi connectivity index (χ4n) is 1.73. The molecule has 0 atom stereocenters. The number of nitrogens with zero attached hydrogens (tertiary/aromatic N) is 3. The first-order valence-electron chi connectivity index (χ1n) is 5.54. The van der Waals surface area contributed by atoms with Crippen molar-refractivity contribution in [3.05, 3.63) is 53.9 Å². The van der Waals surface area contributed by atoms with Crippen LogP contribution in [-0.2, 0) is 6.54 Å². The summed E-state index contributed by atoms with van der Waals surface area (Å²) in [6.07, 6.45) is 6.87. The molecule has 0 saturated carbocycles. The van der Waals surface area contributed by atoms with Gasteiger partial charge in [-0.2, -0.15) is 10.4 Å². The fourth-order valence-corrected chi connectivity index (χ4v) is 1.73. The molecule has 4 nitrogen and oxygen atoms in total. The van der Waals surface area contributed by atoms with E-state index in [0.29, 0.717) is 6.54 Å². The van der Waals surface area contributed by atoms with Gasteiger partial charge >= 0.3 is 0 Å². The molecule has 0 radical (unpaired) electrons. The molecule has 2 aromatic rings. The molecule has 0 bridgehead atoms. The van der Waals surface area contributed by atoms with Gasteiger partial charge < -0.3 is 4.74 Å². The lowest BCUT2D eigenvalue weighted by Crippen LogP contribution is -2.02. The van der Waals surface area contributed by atoms with Crippen molar-refractivity contribution in [2.45, 2.75) is 6.54 Å². The highest BCUT2D eigenvalue weighted by Crippen LogP contribution is 2.21. The zero-order valence-electron chi connectivity index (χ0n) is 10.1. The predicted molar refractivity (Wildman–Crippen MR) is 69.0 cm³/mol. The first-order chi connectivity index (χ1) is 8.83. The lowest BCUT2D eigenvalue weighted by atomic mass is 10.1. The molecular formula is C14H13N3O. The minimum atomic E-state index is 0.643. The van der Waals surface area contributed by atoms with E-state index in [1.165, 1.54) is 6.08 Å². The van der Waals surface area contributed by atoms with Crippen LogP contribution in [0.5, 0.6) is 5.75 Å². The van der Waals surface area contributed by atoms with Crippen molar-refractivity contribution in [1.82, 2.24) is 9.78 Å². The second-order valence-corrected chi connectivity index (χ2v) is 3.74. The number of methoxy groups -OCH3 is 1. The number of hydrogen-bond donors (Lipinski definition) is 0. The number of benzene rings is 1. The summed E-state index contributed by atoms with van der Waals surface area (Å²) in [6.45, 7) is 0.643. The minimum Gasteiger partial charge on any atom is -0.496 e. The summed E-state index contributed by atoms with van der Waals surface area (Å²) in [5.41, 5.74) is 2.00. The van der Waals surface area contributed by atoms with Crippen LogP contribution in [0.3, 0.4) is 0 Å². The van der Waals surface area contributed by atoms with E-state index in [0.717, 1.165) is 16.9 Å². The molecule has 0 unspecified atom stereocenters. The van der Waals surface area contributed by atoms with Gasteiger partial charge in [-0.15, -0.1) is 0 Å². The van der Waals surface area contributed by atoms with Crippen molar-refractivity contribution in [1.29, 1.82) is 5.26 Å². The van der Waals surface area contributed by atoms with Crippen molar-refractivity contribution in [3.8, 4) is 11.8 Å². The Labute approximate surface area is 106 Å². The summed E-state index contributed by atoms with van der Waals surface area (Å²) < 4.78 is 7.15. The van der Waals surface area contributed by atoms with Gasteiger partial charge in [0.1, 0.15) is 5.75 Å². The SMILES string of the molecule is COc1ccc(C=CC#N)cc1Cn1cccn1. The lowest BCUT2D eigenvalue weighted by molar-refractivity contribution is 0.407. The van der Waals surface area contributed by atoms with E-state index in [1.54, 1.807) is 19.4 Å². The summed E-state index contributed by atoms with van der Waals surface area (Å²) in [4.78, 5) is 0. The van der Waals surface area contributed by atoms with Crippen molar-refractivity contribution >= 4 is 6.08 Å². The van der Waals surface area contributed by atoms with Gasteiger partial charge in [0, 0.05) is 24.0 Å². The highest BCUT2D eigenvalue weighted by Gasteiger charge is 2.04. The Morgan fingerprint density at radius 3 is 3.06 bits per heavy atom. The Balaban J connectivity index is 2.31. The van der Waals surface area contributed by atoms with E-state index in [2.05, 4.69) is 5.10 Å². The number of allylic oxidation sites excluding steroid dienone is 1. The Hall–Kier alpha value is -2.54. The van der Waals surface area contributed by atoms with Crippen molar-refractivity contribution in [3.63, 3.8) is 0 Å². The average Bonchev–Trinajstić information content (AvgIpc) is 2.89. The molecule has 0 aliphatic rings. The monoisotopic (exact) mass is 239 g/mol. The average molecular weight is 239 g/mol. The molecule has 0 spiro atoms. The largest absolute Gasteiger partial charge is 0.496 e. The molecular weight excluding hydrogens is 226 g/mol. The van der Waals surface area contributed by atoms with Crippen LogP contribution in [0, 0.1) is 11.3 Å². The quantitative estimate of drug-likeness (QED) is 0.770. The number of aromatic nitrogens is 2. The van der Waals surface area contributed by atoms with E-state index in [4.69, 9.17) is 10.00 Å². The van der Waals surface area contributed by atoms with Crippen LogP contribution in [0.2, 0.25) is 0 Å². The second kappa shape index (κ2) is 5.69. The topological polar surface area (TPSA) is 50.8 Å². The third kappa shape index (κ3) is 2.77. The van der Waals surface area contributed by atoms with E-state index in [-0.39, 0.29) is 0 Å². The highest BCUT2D eigenvalue weighted by atomic mass is 16.5. The molecule has 0 N–H and O–H groups in total. The van der Waals surface area contributed by atoms with E-state index < -0.39 is 0 Å². The Bertz CT molecular complexity index is 580. The highest BCUT2D eigenvalue weighted by molar-refractivity contribution is 5.55. The van der Waals surface area contributed by atoms with Crippen LogP contribution in [0.15, 0.2) is 42.7 Å². The minimum absolute atomic E-state index is 0.643. The summed E-state index contributed by atoms with van der Waals surface area (Å²) in [5.74, 6) is 0.819. The molecule has 2 rings (SSSR count). The summed E-state index contributed by atoms with van der Waals surface area (Å²) in [6, 6.07) is 9.67. The van der Waals surface area contributed by atoms with Gasteiger partial charge in [-0.3, -0.25) is 4.68 Å². The molecule has 0 saturated heterocycles. The molecule has 0 aliphatic carbocycles. The zero-order chi connectivity index (χ0) is 12.8. The smallest absolute Gasteiger partial charge is 0.123 e. The van der Waals surface area contributed by atoms with E-state index in [9.17, 15) is 0 Å². The van der Waals surface area contributed by atoms with E-state index in [1.807, 2.05) is 41.2 Å². The Kier molecular flexibility index (Phi) is 3.77. The van der Waals surface area contributed by atoms with Crippen LogP contribution in [-0.4, -0.2) is 16.9 Å². The van der Waals surface area contributed by atoms with Gasteiger partial charge in [0.05, 0.1) is 19.7 Å². The molecule has 1 heterocycles. The number of ether oxygens (including phenoxy) is 1. The first-order valence-corrected chi connectivity index (χ1v) is 5.54. The van der Waals surface area contributed by atoms with Gasteiger partial charge in [-0.25, -0.2) is 0 Å². The third-order valence-corrected chi connectivity index (χ3v) is 2.55.